The highest BCUT2D eigenvalue weighted by Gasteiger charge is 2.22. The summed E-state index contributed by atoms with van der Waals surface area (Å²) in [5.41, 5.74) is 0. The van der Waals surface area contributed by atoms with E-state index in [-0.39, 0.29) is 5.75 Å². The van der Waals surface area contributed by atoms with Crippen molar-refractivity contribution in [1.82, 2.24) is 0 Å². The molecule has 0 heterocycles. The minimum atomic E-state index is -3.23. The molecule has 1 atom stereocenters. The van der Waals surface area contributed by atoms with Crippen molar-refractivity contribution in [3.8, 4) is 0 Å². The molecule has 74 valence electrons. The van der Waals surface area contributed by atoms with Gasteiger partial charge < -0.3 is 0 Å². The van der Waals surface area contributed by atoms with Gasteiger partial charge in [-0.25, -0.2) is 16.8 Å². The van der Waals surface area contributed by atoms with Gasteiger partial charge in [0.05, 0.1) is 11.0 Å². The second kappa shape index (κ2) is 3.74. The lowest BCUT2D eigenvalue weighted by Crippen LogP contribution is -2.27. The van der Waals surface area contributed by atoms with Crippen LogP contribution in [0.5, 0.6) is 0 Å². The zero-order chi connectivity index (χ0) is 9.99. The quantitative estimate of drug-likeness (QED) is 0.653. The summed E-state index contributed by atoms with van der Waals surface area (Å²) in [4.78, 5) is 0. The first-order chi connectivity index (χ1) is 5.17. The highest BCUT2D eigenvalue weighted by Crippen LogP contribution is 2.06. The molecule has 0 bridgehead atoms. The van der Waals surface area contributed by atoms with Gasteiger partial charge in [0, 0.05) is 12.5 Å². The largest absolute Gasteiger partial charge is 0.229 e. The van der Waals surface area contributed by atoms with E-state index in [1.54, 1.807) is 6.92 Å². The molecule has 0 aliphatic heterocycles. The molecule has 0 aromatic carbocycles. The summed E-state index contributed by atoms with van der Waals surface area (Å²) in [5.74, 6) is -0.275. The molecule has 0 aliphatic rings. The normalized spacial score (nSPS) is 15.9. The Morgan fingerprint density at radius 2 is 1.50 bits per heavy atom. The predicted molar refractivity (Wildman–Crippen MR) is 48.6 cm³/mol. The Balaban J connectivity index is 4.64. The molecule has 6 heteroatoms. The van der Waals surface area contributed by atoms with Crippen LogP contribution in [0.2, 0.25) is 0 Å². The summed E-state index contributed by atoms with van der Waals surface area (Å²) < 4.78 is 43.5. The molecule has 0 aliphatic carbocycles. The Hall–Kier alpha value is -0.100. The second-order valence-electron chi connectivity index (χ2n) is 2.95. The average molecular weight is 214 g/mol. The lowest BCUT2D eigenvalue weighted by molar-refractivity contribution is 0.577. The summed E-state index contributed by atoms with van der Waals surface area (Å²) in [5, 5.41) is -0.757. The van der Waals surface area contributed by atoms with Crippen LogP contribution < -0.4 is 0 Å². The van der Waals surface area contributed by atoms with Crippen molar-refractivity contribution in [2.75, 3.05) is 18.3 Å². The first-order valence-corrected chi connectivity index (χ1v) is 7.55. The van der Waals surface area contributed by atoms with Crippen LogP contribution >= 0.6 is 0 Å². The molecule has 0 N–H and O–H groups in total. The van der Waals surface area contributed by atoms with E-state index in [4.69, 9.17) is 0 Å². The van der Waals surface area contributed by atoms with Gasteiger partial charge in [-0.15, -0.1) is 0 Å². The van der Waals surface area contributed by atoms with Crippen LogP contribution in [0.3, 0.4) is 0 Å². The molecule has 0 amide bonds. The van der Waals surface area contributed by atoms with Crippen molar-refractivity contribution < 1.29 is 16.8 Å². The van der Waals surface area contributed by atoms with Gasteiger partial charge in [0.2, 0.25) is 0 Å². The van der Waals surface area contributed by atoms with Crippen LogP contribution in [0.15, 0.2) is 0 Å². The van der Waals surface area contributed by atoms with Crippen LogP contribution in [0.4, 0.5) is 0 Å². The second-order valence-corrected chi connectivity index (χ2v) is 7.46. The van der Waals surface area contributed by atoms with Gasteiger partial charge >= 0.3 is 0 Å². The minimum absolute atomic E-state index is 0.275. The van der Waals surface area contributed by atoms with Crippen molar-refractivity contribution in [2.24, 2.45) is 0 Å². The maximum absolute atomic E-state index is 11.0. The molecule has 0 saturated carbocycles. The van der Waals surface area contributed by atoms with Gasteiger partial charge in [0.15, 0.2) is 9.84 Å². The Labute approximate surface area is 73.8 Å². The van der Waals surface area contributed by atoms with Gasteiger partial charge in [0.1, 0.15) is 9.84 Å². The molecule has 4 nitrogen and oxygen atoms in total. The maximum Gasteiger partial charge on any atom is 0.151 e. The molecule has 0 aromatic heterocycles. The van der Waals surface area contributed by atoms with Crippen molar-refractivity contribution in [2.45, 2.75) is 18.6 Å². The van der Waals surface area contributed by atoms with E-state index in [1.165, 1.54) is 0 Å². The first-order valence-electron chi connectivity index (χ1n) is 3.53. The van der Waals surface area contributed by atoms with Gasteiger partial charge in [0.25, 0.3) is 0 Å². The van der Waals surface area contributed by atoms with Gasteiger partial charge in [-0.05, 0) is 6.42 Å². The molecule has 0 fully saturated rings. The van der Waals surface area contributed by atoms with Gasteiger partial charge in [-0.2, -0.15) is 0 Å². The molecule has 1 unspecified atom stereocenters. The van der Waals surface area contributed by atoms with E-state index in [1.807, 2.05) is 0 Å². The average Bonchev–Trinajstić information content (AvgIpc) is 1.78. The van der Waals surface area contributed by atoms with Gasteiger partial charge in [-0.1, -0.05) is 6.92 Å². The summed E-state index contributed by atoms with van der Waals surface area (Å²) in [6, 6.07) is 0. The fourth-order valence-electron chi connectivity index (χ4n) is 0.882. The fourth-order valence-corrected chi connectivity index (χ4v) is 4.13. The number of hydrogen-bond acceptors (Lipinski definition) is 4. The molecule has 0 aromatic rings. The number of rotatable bonds is 4. The van der Waals surface area contributed by atoms with Crippen molar-refractivity contribution in [1.29, 1.82) is 0 Å². The lowest BCUT2D eigenvalue weighted by Gasteiger charge is -2.10. The van der Waals surface area contributed by atoms with Crippen LogP contribution in [0.25, 0.3) is 0 Å². The fraction of sp³-hybridized carbons (Fsp3) is 1.00. The minimum Gasteiger partial charge on any atom is -0.229 e. The predicted octanol–water partition coefficient (Wildman–Crippen LogP) is -0.146. The Morgan fingerprint density at radius 1 is 1.08 bits per heavy atom. The van der Waals surface area contributed by atoms with E-state index in [0.29, 0.717) is 6.42 Å². The van der Waals surface area contributed by atoms with E-state index in [9.17, 15) is 16.8 Å². The van der Waals surface area contributed by atoms with E-state index >= 15 is 0 Å². The van der Waals surface area contributed by atoms with Crippen LogP contribution in [0.1, 0.15) is 13.3 Å². The summed E-state index contributed by atoms with van der Waals surface area (Å²) >= 11 is 0. The lowest BCUT2D eigenvalue weighted by atomic mass is 10.4. The topological polar surface area (TPSA) is 68.3 Å². The molecule has 0 spiro atoms. The van der Waals surface area contributed by atoms with Crippen LogP contribution in [0, 0.1) is 0 Å². The Morgan fingerprint density at radius 3 is 1.58 bits per heavy atom. The standard InChI is InChI=1S/C6H14O4S2/c1-4-6(12(3,9)10)5-11(2,7)8/h6H,4-5H2,1-3H3. The third kappa shape index (κ3) is 4.71. The van der Waals surface area contributed by atoms with Crippen molar-refractivity contribution in [3.05, 3.63) is 0 Å². The highest BCUT2D eigenvalue weighted by atomic mass is 32.2. The molecule has 0 saturated heterocycles. The summed E-state index contributed by atoms with van der Waals surface area (Å²) in [6.45, 7) is 1.66. The smallest absolute Gasteiger partial charge is 0.151 e. The third-order valence-corrected chi connectivity index (χ3v) is 4.48. The number of hydrogen-bond donors (Lipinski definition) is 0. The number of sulfone groups is 2. The van der Waals surface area contributed by atoms with E-state index in [2.05, 4.69) is 0 Å². The van der Waals surface area contributed by atoms with E-state index < -0.39 is 24.9 Å². The SMILES string of the molecule is CCC(CS(C)(=O)=O)S(C)(=O)=O. The maximum atomic E-state index is 11.0. The molecular weight excluding hydrogens is 200 g/mol. The summed E-state index contributed by atoms with van der Waals surface area (Å²) in [6.07, 6.45) is 2.44. The molecular formula is C6H14O4S2. The van der Waals surface area contributed by atoms with E-state index in [0.717, 1.165) is 12.5 Å². The zero-order valence-electron chi connectivity index (χ0n) is 7.44. The molecule has 0 rings (SSSR count). The Bertz CT molecular complexity index is 325. The summed E-state index contributed by atoms with van der Waals surface area (Å²) in [7, 11) is -6.43. The van der Waals surface area contributed by atoms with Crippen LogP contribution in [-0.2, 0) is 19.7 Å². The monoisotopic (exact) mass is 214 g/mol. The molecule has 12 heavy (non-hydrogen) atoms. The van der Waals surface area contributed by atoms with Crippen LogP contribution in [-0.4, -0.2) is 40.3 Å². The van der Waals surface area contributed by atoms with Gasteiger partial charge in [-0.3, -0.25) is 0 Å². The molecule has 0 radical (unpaired) electrons. The van der Waals surface area contributed by atoms with Crippen molar-refractivity contribution >= 4 is 19.7 Å². The third-order valence-electron chi connectivity index (χ3n) is 1.55. The Kier molecular flexibility index (Phi) is 3.71. The zero-order valence-corrected chi connectivity index (χ0v) is 9.07. The highest BCUT2D eigenvalue weighted by molar-refractivity contribution is 7.94. The van der Waals surface area contributed by atoms with Crippen molar-refractivity contribution in [3.63, 3.8) is 0 Å². The first kappa shape index (κ1) is 11.9.